The van der Waals surface area contributed by atoms with E-state index < -0.39 is 5.41 Å². The van der Waals surface area contributed by atoms with Crippen LogP contribution in [0.5, 0.6) is 0 Å². The van der Waals surface area contributed by atoms with Crippen LogP contribution in [0.2, 0.25) is 0 Å². The minimum atomic E-state index is -0.489. The van der Waals surface area contributed by atoms with E-state index in [0.29, 0.717) is 13.1 Å². The molecule has 0 atom stereocenters. The topological polar surface area (TPSA) is 61.4 Å². The van der Waals surface area contributed by atoms with Gasteiger partial charge >= 0.3 is 0 Å². The summed E-state index contributed by atoms with van der Waals surface area (Å²) in [5, 5.41) is 5.72. The van der Waals surface area contributed by atoms with Crippen molar-refractivity contribution in [1.29, 1.82) is 0 Å². The fraction of sp³-hybridized carbons (Fsp3) is 0.846. The second-order valence-electron chi connectivity index (χ2n) is 5.51. The van der Waals surface area contributed by atoms with Crippen molar-refractivity contribution in [3.63, 3.8) is 0 Å². The van der Waals surface area contributed by atoms with E-state index in [1.165, 1.54) is 6.42 Å². The molecule has 104 valence electrons. The molecule has 1 saturated heterocycles. The summed E-state index contributed by atoms with van der Waals surface area (Å²) in [7, 11) is 1.63. The van der Waals surface area contributed by atoms with Gasteiger partial charge in [0.25, 0.3) is 0 Å². The molecule has 1 rings (SSSR count). The molecule has 1 fully saturated rings. The standard InChI is InChI=1S/C13H25N3O2/c1-13(2,12(18)14-3)10-15-9-11(17)16-7-5-4-6-8-16/h15H,4-10H2,1-3H3,(H,14,18). The van der Waals surface area contributed by atoms with Gasteiger partial charge in [0.1, 0.15) is 0 Å². The predicted octanol–water partition coefficient (Wildman–Crippen LogP) is 0.361. The maximum atomic E-state index is 11.9. The molecule has 0 aromatic heterocycles. The Kier molecular flexibility index (Phi) is 5.59. The third-order valence-electron chi connectivity index (χ3n) is 3.39. The Morgan fingerprint density at radius 3 is 2.33 bits per heavy atom. The molecule has 1 heterocycles. The Balaban J connectivity index is 2.28. The SMILES string of the molecule is CNC(=O)C(C)(C)CNCC(=O)N1CCCCC1. The van der Waals surface area contributed by atoms with Gasteiger partial charge in [-0.25, -0.2) is 0 Å². The summed E-state index contributed by atoms with van der Waals surface area (Å²) < 4.78 is 0. The van der Waals surface area contributed by atoms with Crippen molar-refractivity contribution in [2.75, 3.05) is 33.2 Å². The highest BCUT2D eigenvalue weighted by Gasteiger charge is 2.26. The van der Waals surface area contributed by atoms with Crippen LogP contribution in [0.4, 0.5) is 0 Å². The van der Waals surface area contributed by atoms with E-state index in [-0.39, 0.29) is 11.8 Å². The molecule has 5 nitrogen and oxygen atoms in total. The second-order valence-corrected chi connectivity index (χ2v) is 5.51. The lowest BCUT2D eigenvalue weighted by Crippen LogP contribution is -2.46. The molecule has 2 N–H and O–H groups in total. The highest BCUT2D eigenvalue weighted by Crippen LogP contribution is 2.13. The number of nitrogens with zero attached hydrogens (tertiary/aromatic N) is 1. The number of likely N-dealkylation sites (tertiary alicyclic amines) is 1. The van der Waals surface area contributed by atoms with Crippen LogP contribution in [0.25, 0.3) is 0 Å². The lowest BCUT2D eigenvalue weighted by Gasteiger charge is -2.28. The number of hydrogen-bond donors (Lipinski definition) is 2. The van der Waals surface area contributed by atoms with Crippen LogP contribution in [-0.2, 0) is 9.59 Å². The van der Waals surface area contributed by atoms with Crippen molar-refractivity contribution in [3.05, 3.63) is 0 Å². The van der Waals surface area contributed by atoms with Crippen LogP contribution in [0, 0.1) is 5.41 Å². The molecule has 0 saturated carbocycles. The number of amides is 2. The van der Waals surface area contributed by atoms with Crippen molar-refractivity contribution in [3.8, 4) is 0 Å². The van der Waals surface area contributed by atoms with Gasteiger partial charge in [0.15, 0.2) is 0 Å². The summed E-state index contributed by atoms with van der Waals surface area (Å²) in [6, 6.07) is 0. The number of piperidine rings is 1. The summed E-state index contributed by atoms with van der Waals surface area (Å²) in [6.07, 6.45) is 3.44. The number of carbonyl (C=O) groups excluding carboxylic acids is 2. The Bertz CT molecular complexity index is 297. The largest absolute Gasteiger partial charge is 0.359 e. The van der Waals surface area contributed by atoms with Gasteiger partial charge in [0, 0.05) is 26.7 Å². The molecule has 0 unspecified atom stereocenters. The van der Waals surface area contributed by atoms with Crippen LogP contribution in [0.1, 0.15) is 33.1 Å². The smallest absolute Gasteiger partial charge is 0.236 e. The highest BCUT2D eigenvalue weighted by atomic mass is 16.2. The number of carbonyl (C=O) groups is 2. The lowest BCUT2D eigenvalue weighted by molar-refractivity contribution is -0.132. The summed E-state index contributed by atoms with van der Waals surface area (Å²) in [4.78, 5) is 25.4. The maximum absolute atomic E-state index is 11.9. The number of hydrogen-bond acceptors (Lipinski definition) is 3. The lowest BCUT2D eigenvalue weighted by atomic mass is 9.92. The van der Waals surface area contributed by atoms with Gasteiger partial charge < -0.3 is 15.5 Å². The molecule has 18 heavy (non-hydrogen) atoms. The molecule has 5 heteroatoms. The molecule has 0 radical (unpaired) electrons. The average Bonchev–Trinajstić information content (AvgIpc) is 2.38. The summed E-state index contributed by atoms with van der Waals surface area (Å²) in [5.41, 5.74) is -0.489. The Morgan fingerprint density at radius 1 is 1.17 bits per heavy atom. The van der Waals surface area contributed by atoms with Crippen LogP contribution >= 0.6 is 0 Å². The summed E-state index contributed by atoms with van der Waals surface area (Å²) in [6.45, 7) is 6.31. The highest BCUT2D eigenvalue weighted by molar-refractivity contribution is 5.82. The van der Waals surface area contributed by atoms with Crippen molar-refractivity contribution in [2.45, 2.75) is 33.1 Å². The van der Waals surface area contributed by atoms with Gasteiger partial charge in [0.05, 0.1) is 12.0 Å². The molecule has 2 amide bonds. The Hall–Kier alpha value is -1.10. The van der Waals surface area contributed by atoms with Crippen molar-refractivity contribution in [2.24, 2.45) is 5.41 Å². The first-order valence-corrected chi connectivity index (χ1v) is 6.68. The van der Waals surface area contributed by atoms with Gasteiger partial charge in [-0.1, -0.05) is 0 Å². The molecular formula is C13H25N3O2. The van der Waals surface area contributed by atoms with Crippen LogP contribution in [-0.4, -0.2) is 49.9 Å². The normalized spacial score (nSPS) is 16.5. The quantitative estimate of drug-likeness (QED) is 0.746. The maximum Gasteiger partial charge on any atom is 0.236 e. The molecular weight excluding hydrogens is 230 g/mol. The van der Waals surface area contributed by atoms with Gasteiger partial charge in [-0.2, -0.15) is 0 Å². The molecule has 0 aromatic carbocycles. The van der Waals surface area contributed by atoms with Crippen LogP contribution in [0.15, 0.2) is 0 Å². The van der Waals surface area contributed by atoms with E-state index in [2.05, 4.69) is 10.6 Å². The molecule has 0 spiro atoms. The molecule has 1 aliphatic rings. The Labute approximate surface area is 109 Å². The molecule has 0 aromatic rings. The first kappa shape index (κ1) is 15.0. The monoisotopic (exact) mass is 255 g/mol. The minimum absolute atomic E-state index is 0.0135. The fourth-order valence-corrected chi connectivity index (χ4v) is 2.16. The predicted molar refractivity (Wildman–Crippen MR) is 71.1 cm³/mol. The first-order chi connectivity index (χ1) is 8.47. The first-order valence-electron chi connectivity index (χ1n) is 6.68. The zero-order valence-electron chi connectivity index (χ0n) is 11.7. The van der Waals surface area contributed by atoms with E-state index in [0.717, 1.165) is 25.9 Å². The summed E-state index contributed by atoms with van der Waals surface area (Å²) >= 11 is 0. The van der Waals surface area contributed by atoms with Gasteiger partial charge in [-0.15, -0.1) is 0 Å². The zero-order chi connectivity index (χ0) is 13.6. The zero-order valence-corrected chi connectivity index (χ0v) is 11.7. The summed E-state index contributed by atoms with van der Waals surface area (Å²) in [5.74, 6) is 0.128. The minimum Gasteiger partial charge on any atom is -0.359 e. The van der Waals surface area contributed by atoms with E-state index in [1.54, 1.807) is 7.05 Å². The fourth-order valence-electron chi connectivity index (χ4n) is 2.16. The second kappa shape index (κ2) is 6.73. The van der Waals surface area contributed by atoms with Crippen molar-refractivity contribution >= 4 is 11.8 Å². The van der Waals surface area contributed by atoms with Gasteiger partial charge in [-0.05, 0) is 33.1 Å². The van der Waals surface area contributed by atoms with E-state index in [4.69, 9.17) is 0 Å². The van der Waals surface area contributed by atoms with Gasteiger partial charge in [0.2, 0.25) is 11.8 Å². The Morgan fingerprint density at radius 2 is 1.78 bits per heavy atom. The van der Waals surface area contributed by atoms with Crippen LogP contribution in [0.3, 0.4) is 0 Å². The van der Waals surface area contributed by atoms with E-state index in [9.17, 15) is 9.59 Å². The molecule has 0 aliphatic carbocycles. The van der Waals surface area contributed by atoms with Gasteiger partial charge in [-0.3, -0.25) is 9.59 Å². The van der Waals surface area contributed by atoms with E-state index >= 15 is 0 Å². The number of rotatable bonds is 5. The third-order valence-corrected chi connectivity index (χ3v) is 3.39. The number of nitrogens with one attached hydrogen (secondary N) is 2. The van der Waals surface area contributed by atoms with E-state index in [1.807, 2.05) is 18.7 Å². The molecule has 0 bridgehead atoms. The van der Waals surface area contributed by atoms with Crippen LogP contribution < -0.4 is 10.6 Å². The third kappa shape index (κ3) is 4.29. The van der Waals surface area contributed by atoms with Crippen molar-refractivity contribution < 1.29 is 9.59 Å². The average molecular weight is 255 g/mol. The molecule has 1 aliphatic heterocycles. The van der Waals surface area contributed by atoms with Crippen molar-refractivity contribution in [1.82, 2.24) is 15.5 Å².